The van der Waals surface area contributed by atoms with Crippen LogP contribution < -0.4 is 14.7 Å². The number of hydrogen-bond acceptors (Lipinski definition) is 14. The quantitative estimate of drug-likeness (QED) is 0.0614. The minimum absolute atomic E-state index is 0. The molecule has 17 nitrogen and oxygen atoms in total. The van der Waals surface area contributed by atoms with Crippen LogP contribution in [0.15, 0.2) is 485 Å². The van der Waals surface area contributed by atoms with E-state index in [-0.39, 0.29) is 87.6 Å². The molecule has 0 amide bonds. The van der Waals surface area contributed by atoms with E-state index >= 15 is 0 Å². The van der Waals surface area contributed by atoms with Gasteiger partial charge in [0.1, 0.15) is 46.3 Å². The fraction of sp³-hybridized carbons (Fsp3) is 0. The van der Waals surface area contributed by atoms with Crippen LogP contribution in [-0.2, 0) is 20.1 Å². The third-order valence-corrected chi connectivity index (χ3v) is 25.3. The number of anilines is 9. The van der Waals surface area contributed by atoms with E-state index in [1.165, 1.54) is 105 Å². The van der Waals surface area contributed by atoms with Gasteiger partial charge in [0.2, 0.25) is 11.0 Å². The van der Waals surface area contributed by atoms with E-state index in [0.717, 1.165) is 62.4 Å². The zero-order valence-corrected chi connectivity index (χ0v) is 81.0. The van der Waals surface area contributed by atoms with Crippen molar-refractivity contribution in [3.8, 4) is 108 Å². The van der Waals surface area contributed by atoms with E-state index in [4.69, 9.17) is 13.1 Å². The molecule has 0 saturated carbocycles. The van der Waals surface area contributed by atoms with Crippen LogP contribution in [0.4, 0.5) is 62.8 Å². The number of pyridine rings is 1. The first-order chi connectivity index (χ1) is 72.1. The second kappa shape index (κ2) is 43.4. The van der Waals surface area contributed by atoms with Crippen molar-refractivity contribution in [2.24, 2.45) is 0 Å². The first-order valence-electron chi connectivity index (χ1n) is 47.1. The van der Waals surface area contributed by atoms with E-state index in [9.17, 15) is 21.0 Å². The summed E-state index contributed by atoms with van der Waals surface area (Å²) in [6.45, 7) is 14.5. The molecule has 1 radical (unpaired) electrons. The summed E-state index contributed by atoms with van der Waals surface area (Å²) in [7, 11) is 0. The summed E-state index contributed by atoms with van der Waals surface area (Å²) in [5.74, 6) is -0.605. The first-order valence-corrected chi connectivity index (χ1v) is 47.1. The Hall–Kier alpha value is -20.6. The van der Waals surface area contributed by atoms with Crippen LogP contribution in [0.5, 0.6) is 0 Å². The van der Waals surface area contributed by atoms with Crippen molar-refractivity contribution in [1.82, 2.24) is 39.5 Å². The average molecular weight is 2060 g/mol. The Kier molecular flexibility index (Phi) is 27.8. The summed E-state index contributed by atoms with van der Waals surface area (Å²) < 4.78 is 2.36. The van der Waals surface area contributed by atoms with Gasteiger partial charge in [0.05, 0.1) is 16.7 Å². The number of para-hydroxylation sites is 3. The van der Waals surface area contributed by atoms with Crippen LogP contribution in [0.2, 0.25) is 0 Å². The fourth-order valence-corrected chi connectivity index (χ4v) is 18.3. The standard InChI is InChI=1S/C52H38N2.C48H34N2.C18N12.C11H8N.Ir/c1-4-13-39(14-5-1)41-23-31-47(32-24-41)53(48-33-25-42(26-34-48)40-15-6-2-7-16-40)49-35-27-43(28-36-49)44-29-37-50(38-30-44)54(46-19-8-3-9-20-46)52-22-12-18-45-17-10-11-21-51(45)52;1-4-12-35(13-5-1)37-20-27-42(28-21-37)49(43-29-22-38(23-30-43)36-14-6-2-7-15-36)44-31-24-39(25-32-44)40-26-33-48-46(34-40)45-18-10-11-19-47(45)50(48)41-16-8-3-9-17-41;1-23-17-9(5-21)27-13-11-12(26-8(4-20)7(3-19)25-11)14-16(15(13)29-17)30-18(24-2)10(6-22)28-14;1-2-6-10(7-3-1)11-8-4-5-9-12-11;/h1-38H;1-34H;;1-6,8-9H;/q;;;-1;. The molecule has 18 heteroatoms. The zero-order valence-electron chi connectivity index (χ0n) is 78.6. The van der Waals surface area contributed by atoms with E-state index in [2.05, 4.69) is 507 Å². The Labute approximate surface area is 862 Å². The summed E-state index contributed by atoms with van der Waals surface area (Å²) >= 11 is 0. The van der Waals surface area contributed by atoms with Gasteiger partial charge in [-0.3, -0.25) is 0 Å². The smallest absolute Gasteiger partial charge is 0.307 e. The number of nitrogens with zero attached hydrogens (tertiary/aromatic N) is 17. The van der Waals surface area contributed by atoms with Crippen molar-refractivity contribution in [3.05, 3.63) is 537 Å². The van der Waals surface area contributed by atoms with Crippen molar-refractivity contribution in [1.29, 1.82) is 21.0 Å². The molecule has 0 spiro atoms. The van der Waals surface area contributed by atoms with Gasteiger partial charge in [-0.05, 0) is 217 Å². The molecule has 691 valence electrons. The third kappa shape index (κ3) is 19.8. The number of nitriles is 4. The number of aromatic nitrogens is 8. The summed E-state index contributed by atoms with van der Waals surface area (Å²) in [4.78, 5) is 42.4. The molecule has 24 rings (SSSR count). The largest absolute Gasteiger partial charge is 0.358 e. The minimum atomic E-state index is -0.303. The predicted molar refractivity (Wildman–Crippen MR) is 587 cm³/mol. The van der Waals surface area contributed by atoms with Crippen LogP contribution in [0.25, 0.3) is 159 Å². The summed E-state index contributed by atoms with van der Waals surface area (Å²) in [6.07, 6.45) is 1.79. The molecule has 147 heavy (non-hydrogen) atoms. The number of rotatable bonds is 17. The molecule has 0 aliphatic carbocycles. The Bertz CT molecular complexity index is 8600. The van der Waals surface area contributed by atoms with Gasteiger partial charge in [0, 0.05) is 93.6 Å². The Balaban J connectivity index is 0.000000130. The van der Waals surface area contributed by atoms with Crippen molar-refractivity contribution in [2.45, 2.75) is 0 Å². The van der Waals surface area contributed by atoms with Crippen LogP contribution >= 0.6 is 0 Å². The minimum Gasteiger partial charge on any atom is -0.358 e. The van der Waals surface area contributed by atoms with E-state index in [1.807, 2.05) is 42.5 Å². The second-order valence-corrected chi connectivity index (χ2v) is 34.0. The van der Waals surface area contributed by atoms with Gasteiger partial charge in [-0.2, -0.15) is 21.0 Å². The Morgan fingerprint density at radius 2 is 0.558 bits per heavy atom. The van der Waals surface area contributed by atoms with Gasteiger partial charge in [-0.25, -0.2) is 19.9 Å². The summed E-state index contributed by atoms with van der Waals surface area (Å²) in [5.41, 5.74) is 28.8. The molecular formula is C129H80IrN17-. The molecule has 5 aromatic heterocycles. The van der Waals surface area contributed by atoms with Crippen LogP contribution in [0.3, 0.4) is 0 Å². The molecular weight excluding hydrogens is 1980 g/mol. The maximum atomic E-state index is 9.30. The van der Waals surface area contributed by atoms with Gasteiger partial charge in [0.15, 0.2) is 22.8 Å². The van der Waals surface area contributed by atoms with Crippen LogP contribution in [-0.4, -0.2) is 39.5 Å². The fourth-order valence-electron chi connectivity index (χ4n) is 18.3. The monoisotopic (exact) mass is 2060 g/mol. The van der Waals surface area contributed by atoms with Crippen molar-refractivity contribution < 1.29 is 20.1 Å². The van der Waals surface area contributed by atoms with Gasteiger partial charge in [-0.15, -0.1) is 45.9 Å². The number of fused-ring (bicyclic) bond motifs is 10. The Morgan fingerprint density at radius 1 is 0.252 bits per heavy atom. The van der Waals surface area contributed by atoms with Crippen LogP contribution in [0.1, 0.15) is 22.8 Å². The van der Waals surface area contributed by atoms with Crippen molar-refractivity contribution in [2.75, 3.05) is 14.7 Å². The molecule has 19 aromatic carbocycles. The molecule has 24 aromatic rings. The van der Waals surface area contributed by atoms with E-state index < -0.39 is 0 Å². The predicted octanol–water partition coefficient (Wildman–Crippen LogP) is 32.7. The molecule has 0 atom stereocenters. The van der Waals surface area contributed by atoms with Crippen molar-refractivity contribution >= 4 is 129 Å². The zero-order chi connectivity index (χ0) is 99.0. The topological polar surface area (TPSA) is 209 Å². The van der Waals surface area contributed by atoms with Gasteiger partial charge < -0.3 is 33.9 Å². The van der Waals surface area contributed by atoms with Gasteiger partial charge >= 0.3 is 11.6 Å². The summed E-state index contributed by atoms with van der Waals surface area (Å²) in [5, 5.41) is 42.1. The van der Waals surface area contributed by atoms with E-state index in [0.29, 0.717) is 0 Å². The van der Waals surface area contributed by atoms with Gasteiger partial charge in [-0.1, -0.05) is 329 Å². The second-order valence-electron chi connectivity index (χ2n) is 34.0. The summed E-state index contributed by atoms with van der Waals surface area (Å²) in [6, 6.07) is 180. The molecule has 0 aliphatic rings. The third-order valence-electron chi connectivity index (χ3n) is 25.3. The molecule has 0 unspecified atom stereocenters. The Morgan fingerprint density at radius 3 is 0.939 bits per heavy atom. The normalized spacial score (nSPS) is 10.6. The number of benzene rings is 19. The van der Waals surface area contributed by atoms with Crippen molar-refractivity contribution in [3.63, 3.8) is 0 Å². The van der Waals surface area contributed by atoms with Crippen LogP contribution in [0, 0.1) is 64.5 Å². The number of hydrogen-bond donors (Lipinski definition) is 0. The first kappa shape index (κ1) is 94.0. The molecule has 5 heterocycles. The molecule has 0 bridgehead atoms. The molecule has 0 N–H and O–H groups in total. The maximum Gasteiger partial charge on any atom is 0.307 e. The van der Waals surface area contributed by atoms with E-state index in [1.54, 1.807) is 30.5 Å². The average Bonchev–Trinajstić information content (AvgIpc) is 1.40. The molecule has 0 fully saturated rings. The maximum absolute atomic E-state index is 9.30. The SMILES string of the molecule is [C-]#[N+]c1nc2c(nc1C#N)c1nc(C#N)c(C#N)nc1c1nc(C#N)c([N+]#[C-])nc12.[Ir].[c-]1ccccc1-c1ccccn1.c1ccc(-c2ccc(N(c3ccc(-c4ccccc4)cc3)c3ccc(-c4ccc(N(c5ccccc5)c5cccc6ccccc56)cc4)cc3)cc2)cc1.c1ccc(-c2ccc(N(c3ccc(-c4ccccc4)cc3)c3ccc(-c4ccc5c(c4)c4ccccc4n5-c4ccccc4)cc3)cc2)cc1. The molecule has 0 saturated heterocycles. The molecule has 0 aliphatic heterocycles. The van der Waals surface area contributed by atoms with Gasteiger partial charge in [0.25, 0.3) is 0 Å².